The Morgan fingerprint density at radius 3 is 2.54 bits per heavy atom. The van der Waals surface area contributed by atoms with Gasteiger partial charge in [-0.15, -0.1) is 5.10 Å². The van der Waals surface area contributed by atoms with E-state index in [0.29, 0.717) is 18.5 Å². The number of amides is 2. The van der Waals surface area contributed by atoms with E-state index in [4.69, 9.17) is 5.11 Å². The fraction of sp³-hybridized carbons (Fsp3) is 0.824. The predicted octanol–water partition coefficient (Wildman–Crippen LogP) is 1.88. The first-order chi connectivity index (χ1) is 11.8. The number of urea groups is 1. The minimum atomic E-state index is 0.0957. The van der Waals surface area contributed by atoms with Gasteiger partial charge in [-0.05, 0) is 25.7 Å². The first kappa shape index (κ1) is 17.2. The zero-order chi connectivity index (χ0) is 16.8. The largest absolute Gasteiger partial charge is 0.396 e. The molecule has 2 fully saturated rings. The monoisotopic (exact) mass is 335 g/mol. The zero-order valence-electron chi connectivity index (χ0n) is 14.4. The van der Waals surface area contributed by atoms with Crippen LogP contribution in [0.2, 0.25) is 0 Å². The summed E-state index contributed by atoms with van der Waals surface area (Å²) < 4.78 is 1.89. The van der Waals surface area contributed by atoms with Crippen LogP contribution in [0, 0.1) is 0 Å². The number of likely N-dealkylation sites (tertiary alicyclic amines) is 1. The van der Waals surface area contributed by atoms with Gasteiger partial charge >= 0.3 is 6.03 Å². The summed E-state index contributed by atoms with van der Waals surface area (Å²) in [5.41, 5.74) is 0.825. The molecule has 0 unspecified atom stereocenters. The molecule has 0 aromatic carbocycles. The number of nitrogens with zero attached hydrogens (tertiary/aromatic N) is 4. The van der Waals surface area contributed by atoms with Crippen LogP contribution in [0.1, 0.15) is 63.1 Å². The number of hydrogen-bond acceptors (Lipinski definition) is 4. The molecule has 7 heteroatoms. The maximum Gasteiger partial charge on any atom is 0.317 e. The molecular formula is C17H29N5O2. The Morgan fingerprint density at radius 2 is 1.88 bits per heavy atom. The van der Waals surface area contributed by atoms with Gasteiger partial charge in [0, 0.05) is 38.4 Å². The number of rotatable bonds is 4. The van der Waals surface area contributed by atoms with E-state index in [1.165, 1.54) is 25.7 Å². The summed E-state index contributed by atoms with van der Waals surface area (Å²) in [5, 5.41) is 20.4. The van der Waals surface area contributed by atoms with Gasteiger partial charge in [0.25, 0.3) is 0 Å². The van der Waals surface area contributed by atoms with Crippen molar-refractivity contribution in [2.24, 2.45) is 0 Å². The highest BCUT2D eigenvalue weighted by Gasteiger charge is 2.26. The molecule has 3 rings (SSSR count). The van der Waals surface area contributed by atoms with Gasteiger partial charge in [-0.25, -0.2) is 9.48 Å². The number of carbonyl (C=O) groups is 1. The van der Waals surface area contributed by atoms with Crippen LogP contribution in [0.25, 0.3) is 0 Å². The molecular weight excluding hydrogens is 306 g/mol. The van der Waals surface area contributed by atoms with Crippen LogP contribution in [-0.4, -0.2) is 56.8 Å². The van der Waals surface area contributed by atoms with Crippen molar-refractivity contribution in [2.75, 3.05) is 19.7 Å². The fourth-order valence-corrected chi connectivity index (χ4v) is 3.74. The van der Waals surface area contributed by atoms with Crippen molar-refractivity contribution in [3.63, 3.8) is 0 Å². The molecule has 1 aromatic rings. The van der Waals surface area contributed by atoms with Crippen LogP contribution in [-0.2, 0) is 6.42 Å². The third-order valence-corrected chi connectivity index (χ3v) is 5.23. The summed E-state index contributed by atoms with van der Waals surface area (Å²) in [6, 6.07) is 0.751. The molecule has 134 valence electrons. The second-order valence-electron chi connectivity index (χ2n) is 7.02. The standard InChI is InChI=1S/C17H29N5O2/c23-12-9-15-13-22(20-19-15)16-7-10-21(11-8-16)17(24)18-14-5-3-1-2-4-6-14/h13-14,16,23H,1-12H2,(H,18,24). The molecule has 1 aliphatic carbocycles. The van der Waals surface area contributed by atoms with Gasteiger partial charge in [0.15, 0.2) is 0 Å². The maximum absolute atomic E-state index is 12.5. The van der Waals surface area contributed by atoms with Gasteiger partial charge in [-0.2, -0.15) is 0 Å². The van der Waals surface area contributed by atoms with E-state index in [1.54, 1.807) is 0 Å². The molecule has 0 spiro atoms. The number of aliphatic hydroxyl groups excluding tert-OH is 1. The van der Waals surface area contributed by atoms with E-state index in [1.807, 2.05) is 15.8 Å². The third kappa shape index (κ3) is 4.47. The van der Waals surface area contributed by atoms with Gasteiger partial charge in [-0.1, -0.05) is 30.9 Å². The molecule has 2 aliphatic rings. The number of carbonyl (C=O) groups excluding carboxylic acids is 1. The molecule has 24 heavy (non-hydrogen) atoms. The van der Waals surface area contributed by atoms with Crippen molar-refractivity contribution in [3.05, 3.63) is 11.9 Å². The second-order valence-corrected chi connectivity index (χ2v) is 7.02. The molecule has 1 aromatic heterocycles. The minimum absolute atomic E-state index is 0.0957. The lowest BCUT2D eigenvalue weighted by atomic mass is 10.1. The van der Waals surface area contributed by atoms with Crippen LogP contribution < -0.4 is 5.32 Å². The van der Waals surface area contributed by atoms with Crippen LogP contribution in [0.3, 0.4) is 0 Å². The number of piperidine rings is 1. The van der Waals surface area contributed by atoms with Gasteiger partial charge in [0.2, 0.25) is 0 Å². The lowest BCUT2D eigenvalue weighted by Crippen LogP contribution is -2.48. The van der Waals surface area contributed by atoms with Gasteiger partial charge in [0.1, 0.15) is 0 Å². The van der Waals surface area contributed by atoms with Crippen LogP contribution in [0.4, 0.5) is 4.79 Å². The van der Waals surface area contributed by atoms with Gasteiger partial charge < -0.3 is 15.3 Å². The molecule has 2 amide bonds. The zero-order valence-corrected chi connectivity index (χ0v) is 14.4. The highest BCUT2D eigenvalue weighted by atomic mass is 16.3. The smallest absolute Gasteiger partial charge is 0.317 e. The summed E-state index contributed by atoms with van der Waals surface area (Å²) in [5.74, 6) is 0. The molecule has 2 heterocycles. The summed E-state index contributed by atoms with van der Waals surface area (Å²) in [7, 11) is 0. The third-order valence-electron chi connectivity index (χ3n) is 5.23. The highest BCUT2D eigenvalue weighted by Crippen LogP contribution is 2.22. The normalized spacial score (nSPS) is 20.8. The van der Waals surface area contributed by atoms with Crippen LogP contribution >= 0.6 is 0 Å². The van der Waals surface area contributed by atoms with E-state index in [-0.39, 0.29) is 12.6 Å². The topological polar surface area (TPSA) is 83.3 Å². The molecule has 7 nitrogen and oxygen atoms in total. The molecule has 1 saturated carbocycles. The Bertz CT molecular complexity index is 517. The maximum atomic E-state index is 12.5. The summed E-state index contributed by atoms with van der Waals surface area (Å²) in [6.45, 7) is 1.62. The minimum Gasteiger partial charge on any atom is -0.396 e. The molecule has 0 atom stereocenters. The van der Waals surface area contributed by atoms with Crippen molar-refractivity contribution >= 4 is 6.03 Å². The second kappa shape index (κ2) is 8.46. The predicted molar refractivity (Wildman–Crippen MR) is 90.7 cm³/mol. The Labute approximate surface area is 143 Å². The van der Waals surface area contributed by atoms with E-state index in [9.17, 15) is 4.79 Å². The quantitative estimate of drug-likeness (QED) is 0.823. The van der Waals surface area contributed by atoms with Crippen LogP contribution in [0.5, 0.6) is 0 Å². The van der Waals surface area contributed by atoms with Crippen molar-refractivity contribution < 1.29 is 9.90 Å². The van der Waals surface area contributed by atoms with Crippen molar-refractivity contribution in [1.29, 1.82) is 0 Å². The highest BCUT2D eigenvalue weighted by molar-refractivity contribution is 5.74. The first-order valence-electron chi connectivity index (χ1n) is 9.33. The van der Waals surface area contributed by atoms with E-state index in [0.717, 1.165) is 44.5 Å². The SMILES string of the molecule is O=C(NC1CCCCCC1)N1CCC(n2cc(CCO)nn2)CC1. The van der Waals surface area contributed by atoms with E-state index < -0.39 is 0 Å². The van der Waals surface area contributed by atoms with Gasteiger partial charge in [-0.3, -0.25) is 0 Å². The molecule has 2 N–H and O–H groups in total. The van der Waals surface area contributed by atoms with Crippen molar-refractivity contribution in [1.82, 2.24) is 25.2 Å². The summed E-state index contributed by atoms with van der Waals surface area (Å²) in [6.07, 6.45) is 11.6. The van der Waals surface area contributed by atoms with Gasteiger partial charge in [0.05, 0.1) is 11.7 Å². The first-order valence-corrected chi connectivity index (χ1v) is 9.33. The average molecular weight is 335 g/mol. The summed E-state index contributed by atoms with van der Waals surface area (Å²) in [4.78, 5) is 14.4. The Balaban J connectivity index is 1.46. The van der Waals surface area contributed by atoms with Crippen molar-refractivity contribution in [2.45, 2.75) is 69.9 Å². The number of hydrogen-bond donors (Lipinski definition) is 2. The fourth-order valence-electron chi connectivity index (χ4n) is 3.74. The van der Waals surface area contributed by atoms with Crippen LogP contribution in [0.15, 0.2) is 6.20 Å². The number of aliphatic hydroxyl groups is 1. The number of aromatic nitrogens is 3. The number of nitrogens with one attached hydrogen (secondary N) is 1. The molecule has 0 bridgehead atoms. The van der Waals surface area contributed by atoms with Crippen molar-refractivity contribution in [3.8, 4) is 0 Å². The Hall–Kier alpha value is -1.63. The lowest BCUT2D eigenvalue weighted by molar-refractivity contribution is 0.164. The Morgan fingerprint density at radius 1 is 1.17 bits per heavy atom. The lowest BCUT2D eigenvalue weighted by Gasteiger charge is -2.33. The molecule has 1 aliphatic heterocycles. The Kier molecular flexibility index (Phi) is 6.07. The average Bonchev–Trinajstić information content (AvgIpc) is 2.91. The molecule has 0 radical (unpaired) electrons. The summed E-state index contributed by atoms with van der Waals surface area (Å²) >= 11 is 0. The van der Waals surface area contributed by atoms with E-state index >= 15 is 0 Å². The molecule has 1 saturated heterocycles. The van der Waals surface area contributed by atoms with E-state index in [2.05, 4.69) is 15.6 Å².